The number of non-ortho nitro benzene ring substituents is 1. The van der Waals surface area contributed by atoms with Crippen molar-refractivity contribution in [3.8, 4) is 11.5 Å². The van der Waals surface area contributed by atoms with Crippen molar-refractivity contribution in [1.29, 1.82) is 0 Å². The molecule has 1 amide bonds. The minimum absolute atomic E-state index is 0.0519. The van der Waals surface area contributed by atoms with Crippen LogP contribution in [0.1, 0.15) is 12.8 Å². The summed E-state index contributed by atoms with van der Waals surface area (Å²) in [6.45, 7) is 1.61. The van der Waals surface area contributed by atoms with E-state index in [4.69, 9.17) is 9.47 Å². The van der Waals surface area contributed by atoms with Gasteiger partial charge in [0.1, 0.15) is 6.61 Å². The molecular formula is C13H16N2O5. The third-order valence-electron chi connectivity index (χ3n) is 3.15. The van der Waals surface area contributed by atoms with E-state index in [1.165, 1.54) is 25.3 Å². The van der Waals surface area contributed by atoms with Gasteiger partial charge in [-0.2, -0.15) is 0 Å². The zero-order valence-electron chi connectivity index (χ0n) is 11.2. The summed E-state index contributed by atoms with van der Waals surface area (Å²) in [5, 5.41) is 10.7. The number of amides is 1. The van der Waals surface area contributed by atoms with Gasteiger partial charge in [0.05, 0.1) is 24.6 Å². The maximum Gasteiger partial charge on any atom is 0.273 e. The fourth-order valence-corrected chi connectivity index (χ4v) is 2.10. The minimum Gasteiger partial charge on any atom is -0.493 e. The topological polar surface area (TPSA) is 81.9 Å². The third-order valence-corrected chi connectivity index (χ3v) is 3.15. The van der Waals surface area contributed by atoms with Crippen LogP contribution in [-0.2, 0) is 4.79 Å². The molecule has 20 heavy (non-hydrogen) atoms. The molecule has 1 fully saturated rings. The summed E-state index contributed by atoms with van der Waals surface area (Å²) in [6, 6.07) is 4.18. The first-order valence-corrected chi connectivity index (χ1v) is 6.35. The Balaban J connectivity index is 1.95. The van der Waals surface area contributed by atoms with Crippen molar-refractivity contribution in [2.75, 3.05) is 26.8 Å². The van der Waals surface area contributed by atoms with Gasteiger partial charge in [-0.05, 0) is 12.5 Å². The average molecular weight is 280 g/mol. The van der Waals surface area contributed by atoms with Crippen LogP contribution in [0.3, 0.4) is 0 Å². The van der Waals surface area contributed by atoms with Crippen LogP contribution in [-0.4, -0.2) is 42.5 Å². The lowest BCUT2D eigenvalue weighted by Crippen LogP contribution is -2.29. The fraction of sp³-hybridized carbons (Fsp3) is 0.462. The molecule has 0 bridgehead atoms. The Morgan fingerprint density at radius 2 is 2.20 bits per heavy atom. The number of hydrogen-bond donors (Lipinski definition) is 0. The first-order valence-electron chi connectivity index (χ1n) is 6.35. The van der Waals surface area contributed by atoms with Crippen molar-refractivity contribution < 1.29 is 19.2 Å². The molecule has 0 N–H and O–H groups in total. The van der Waals surface area contributed by atoms with E-state index < -0.39 is 4.92 Å². The summed E-state index contributed by atoms with van der Waals surface area (Å²) in [7, 11) is 1.43. The fourth-order valence-electron chi connectivity index (χ4n) is 2.10. The Morgan fingerprint density at radius 1 is 1.40 bits per heavy atom. The molecule has 0 saturated carbocycles. The lowest BCUT2D eigenvalue weighted by atomic mass is 10.3. The lowest BCUT2D eigenvalue weighted by molar-refractivity contribution is -0.384. The SMILES string of the molecule is COc1cc([N+](=O)[O-])ccc1OCCN1CCCC1=O. The van der Waals surface area contributed by atoms with Crippen LogP contribution in [0.4, 0.5) is 5.69 Å². The van der Waals surface area contributed by atoms with Gasteiger partial charge in [0.2, 0.25) is 5.91 Å². The molecule has 1 saturated heterocycles. The molecular weight excluding hydrogens is 264 g/mol. The van der Waals surface area contributed by atoms with E-state index in [9.17, 15) is 14.9 Å². The largest absolute Gasteiger partial charge is 0.493 e. The molecule has 7 heteroatoms. The van der Waals surface area contributed by atoms with Crippen LogP contribution >= 0.6 is 0 Å². The van der Waals surface area contributed by atoms with E-state index in [1.807, 2.05) is 0 Å². The number of hydrogen-bond acceptors (Lipinski definition) is 5. The van der Waals surface area contributed by atoms with E-state index in [0.29, 0.717) is 31.1 Å². The van der Waals surface area contributed by atoms with Crippen molar-refractivity contribution >= 4 is 11.6 Å². The number of ether oxygens (including phenoxy) is 2. The molecule has 108 valence electrons. The Bertz CT molecular complexity index is 517. The van der Waals surface area contributed by atoms with Gasteiger partial charge in [0.15, 0.2) is 11.5 Å². The summed E-state index contributed by atoms with van der Waals surface area (Å²) < 4.78 is 10.6. The Hall–Kier alpha value is -2.31. The zero-order chi connectivity index (χ0) is 14.5. The highest BCUT2D eigenvalue weighted by Gasteiger charge is 2.20. The summed E-state index contributed by atoms with van der Waals surface area (Å²) >= 11 is 0. The second-order valence-corrected chi connectivity index (χ2v) is 4.43. The molecule has 0 radical (unpaired) electrons. The number of carbonyl (C=O) groups is 1. The molecule has 1 aliphatic heterocycles. The highest BCUT2D eigenvalue weighted by molar-refractivity contribution is 5.78. The summed E-state index contributed by atoms with van der Waals surface area (Å²) in [5.74, 6) is 0.890. The standard InChI is InChI=1S/C13H16N2O5/c1-19-12-9-10(15(17)18)4-5-11(12)20-8-7-14-6-2-3-13(14)16/h4-5,9H,2-3,6-8H2,1H3. The van der Waals surface area contributed by atoms with E-state index in [2.05, 4.69) is 0 Å². The van der Waals surface area contributed by atoms with Crippen LogP contribution < -0.4 is 9.47 Å². The average Bonchev–Trinajstić information content (AvgIpc) is 2.84. The molecule has 7 nitrogen and oxygen atoms in total. The second-order valence-electron chi connectivity index (χ2n) is 4.43. The predicted molar refractivity (Wildman–Crippen MR) is 71.0 cm³/mol. The van der Waals surface area contributed by atoms with Gasteiger partial charge in [-0.3, -0.25) is 14.9 Å². The number of methoxy groups -OCH3 is 1. The van der Waals surface area contributed by atoms with Crippen molar-refractivity contribution in [1.82, 2.24) is 4.90 Å². The van der Waals surface area contributed by atoms with Gasteiger partial charge in [-0.15, -0.1) is 0 Å². The van der Waals surface area contributed by atoms with Crippen LogP contribution in [0.15, 0.2) is 18.2 Å². The lowest BCUT2D eigenvalue weighted by Gasteiger charge is -2.16. The van der Waals surface area contributed by atoms with Crippen LogP contribution in [0, 0.1) is 10.1 Å². The molecule has 1 aromatic carbocycles. The van der Waals surface area contributed by atoms with E-state index >= 15 is 0 Å². The van der Waals surface area contributed by atoms with Gasteiger partial charge in [-0.1, -0.05) is 0 Å². The van der Waals surface area contributed by atoms with E-state index in [-0.39, 0.29) is 11.6 Å². The van der Waals surface area contributed by atoms with Crippen molar-refractivity contribution in [2.45, 2.75) is 12.8 Å². The molecule has 1 aliphatic rings. The number of nitrogens with zero attached hydrogens (tertiary/aromatic N) is 2. The van der Waals surface area contributed by atoms with Crippen LogP contribution in [0.2, 0.25) is 0 Å². The second kappa shape index (κ2) is 6.23. The van der Waals surface area contributed by atoms with Gasteiger partial charge in [0.25, 0.3) is 5.69 Å². The van der Waals surface area contributed by atoms with Crippen molar-refractivity contribution in [3.05, 3.63) is 28.3 Å². The molecule has 0 unspecified atom stereocenters. The predicted octanol–water partition coefficient (Wildman–Crippen LogP) is 1.60. The molecule has 0 aliphatic carbocycles. The maximum absolute atomic E-state index is 11.4. The Labute approximate surface area is 116 Å². The highest BCUT2D eigenvalue weighted by Crippen LogP contribution is 2.31. The number of carbonyl (C=O) groups excluding carboxylic acids is 1. The normalized spacial score (nSPS) is 14.4. The monoisotopic (exact) mass is 280 g/mol. The smallest absolute Gasteiger partial charge is 0.273 e. The van der Waals surface area contributed by atoms with E-state index in [0.717, 1.165) is 13.0 Å². The van der Waals surface area contributed by atoms with Crippen molar-refractivity contribution in [3.63, 3.8) is 0 Å². The van der Waals surface area contributed by atoms with Gasteiger partial charge < -0.3 is 14.4 Å². The quantitative estimate of drug-likeness (QED) is 0.584. The van der Waals surface area contributed by atoms with E-state index in [1.54, 1.807) is 4.90 Å². The molecule has 2 rings (SSSR count). The summed E-state index contributed by atoms with van der Waals surface area (Å²) in [4.78, 5) is 23.4. The molecule has 1 aromatic rings. The Kier molecular flexibility index (Phi) is 4.39. The van der Waals surface area contributed by atoms with Gasteiger partial charge >= 0.3 is 0 Å². The number of likely N-dealkylation sites (tertiary alicyclic amines) is 1. The van der Waals surface area contributed by atoms with Gasteiger partial charge in [0, 0.05) is 19.0 Å². The Morgan fingerprint density at radius 3 is 2.80 bits per heavy atom. The molecule has 0 atom stereocenters. The first kappa shape index (κ1) is 14.1. The minimum atomic E-state index is -0.491. The number of nitro benzene ring substituents is 1. The third kappa shape index (κ3) is 3.17. The van der Waals surface area contributed by atoms with Crippen LogP contribution in [0.5, 0.6) is 11.5 Å². The summed E-state index contributed by atoms with van der Waals surface area (Å²) in [6.07, 6.45) is 1.49. The summed E-state index contributed by atoms with van der Waals surface area (Å²) in [5.41, 5.74) is -0.0519. The number of rotatable bonds is 6. The first-order chi connectivity index (χ1) is 9.61. The molecule has 1 heterocycles. The number of nitro groups is 1. The van der Waals surface area contributed by atoms with Gasteiger partial charge in [-0.25, -0.2) is 0 Å². The van der Waals surface area contributed by atoms with Crippen LogP contribution in [0.25, 0.3) is 0 Å². The van der Waals surface area contributed by atoms with Crippen molar-refractivity contribution in [2.24, 2.45) is 0 Å². The maximum atomic E-state index is 11.4. The molecule has 0 aromatic heterocycles. The number of benzene rings is 1. The highest BCUT2D eigenvalue weighted by atomic mass is 16.6. The molecule has 0 spiro atoms. The zero-order valence-corrected chi connectivity index (χ0v) is 11.2.